The summed E-state index contributed by atoms with van der Waals surface area (Å²) < 4.78 is 1.05. The van der Waals surface area contributed by atoms with Crippen LogP contribution in [0.4, 0.5) is 5.82 Å². The highest BCUT2D eigenvalue weighted by molar-refractivity contribution is 9.10. The van der Waals surface area contributed by atoms with Gasteiger partial charge in [0.15, 0.2) is 0 Å². The number of benzene rings is 1. The van der Waals surface area contributed by atoms with E-state index >= 15 is 0 Å². The van der Waals surface area contributed by atoms with Crippen LogP contribution in [0.2, 0.25) is 0 Å². The Labute approximate surface area is 137 Å². The third-order valence-electron chi connectivity index (χ3n) is 4.06. The molecule has 1 aliphatic heterocycles. The van der Waals surface area contributed by atoms with Crippen LogP contribution in [-0.2, 0) is 4.79 Å². The maximum atomic E-state index is 11.5. The molecule has 1 aliphatic rings. The molecule has 0 aliphatic carbocycles. The van der Waals surface area contributed by atoms with E-state index in [9.17, 15) is 4.79 Å². The van der Waals surface area contributed by atoms with E-state index < -0.39 is 6.61 Å². The predicted octanol–water partition coefficient (Wildman–Crippen LogP) is 1.95. The van der Waals surface area contributed by atoms with Crippen LogP contribution < -0.4 is 4.90 Å². The molecule has 0 saturated carbocycles. The first-order valence-corrected chi connectivity index (χ1v) is 8.08. The van der Waals surface area contributed by atoms with Crippen LogP contribution in [0.15, 0.2) is 28.7 Å². The molecule has 6 heteroatoms. The molecule has 0 atom stereocenters. The largest absolute Gasteiger partial charge is 0.387 e. The first kappa shape index (κ1) is 15.2. The number of aromatic nitrogens is 1. The van der Waals surface area contributed by atoms with Crippen LogP contribution in [0.25, 0.3) is 10.9 Å². The average molecular weight is 364 g/mol. The Morgan fingerprint density at radius 3 is 2.68 bits per heavy atom. The lowest BCUT2D eigenvalue weighted by molar-refractivity contribution is -0.134. The molecule has 22 heavy (non-hydrogen) atoms. The molecule has 0 unspecified atom stereocenters. The summed E-state index contributed by atoms with van der Waals surface area (Å²) in [7, 11) is 0. The summed E-state index contributed by atoms with van der Waals surface area (Å²) in [6.45, 7) is 4.39. The van der Waals surface area contributed by atoms with Crippen molar-refractivity contribution in [2.45, 2.75) is 6.92 Å². The van der Waals surface area contributed by atoms with Crippen molar-refractivity contribution in [2.24, 2.45) is 0 Å². The van der Waals surface area contributed by atoms with Gasteiger partial charge in [-0.25, -0.2) is 4.98 Å². The lowest BCUT2D eigenvalue weighted by Gasteiger charge is -2.35. The lowest BCUT2D eigenvalue weighted by atomic mass is 10.1. The van der Waals surface area contributed by atoms with Gasteiger partial charge in [0.1, 0.15) is 12.4 Å². The number of hydrogen-bond donors (Lipinski definition) is 1. The Morgan fingerprint density at radius 1 is 1.27 bits per heavy atom. The Kier molecular flexibility index (Phi) is 4.31. The summed E-state index contributed by atoms with van der Waals surface area (Å²) in [4.78, 5) is 20.1. The summed E-state index contributed by atoms with van der Waals surface area (Å²) in [6, 6.07) is 8.19. The SMILES string of the molecule is Cc1cc(N2CCN(C(=O)CO)CC2)nc2ccc(Br)cc12. The van der Waals surface area contributed by atoms with Gasteiger partial charge in [0.05, 0.1) is 5.52 Å². The van der Waals surface area contributed by atoms with Gasteiger partial charge >= 0.3 is 0 Å². The Morgan fingerprint density at radius 2 is 2.00 bits per heavy atom. The molecule has 116 valence electrons. The smallest absolute Gasteiger partial charge is 0.248 e. The van der Waals surface area contributed by atoms with Crippen LogP contribution in [-0.4, -0.2) is 53.7 Å². The van der Waals surface area contributed by atoms with E-state index in [-0.39, 0.29) is 5.91 Å². The second kappa shape index (κ2) is 6.22. The molecule has 0 spiro atoms. The summed E-state index contributed by atoms with van der Waals surface area (Å²) in [5, 5.41) is 10.1. The number of halogens is 1. The maximum absolute atomic E-state index is 11.5. The number of aliphatic hydroxyl groups is 1. The van der Waals surface area contributed by atoms with Gasteiger partial charge in [-0.3, -0.25) is 4.79 Å². The van der Waals surface area contributed by atoms with Crippen molar-refractivity contribution in [2.75, 3.05) is 37.7 Å². The standard InChI is InChI=1S/C16H18BrN3O2/c1-11-8-15(18-14-3-2-12(17)9-13(11)14)19-4-6-20(7-5-19)16(22)10-21/h2-3,8-9,21H,4-7,10H2,1H3. The fourth-order valence-electron chi connectivity index (χ4n) is 2.80. The fourth-order valence-corrected chi connectivity index (χ4v) is 3.16. The second-order valence-electron chi connectivity index (χ2n) is 5.48. The minimum atomic E-state index is -0.414. The molecule has 2 aromatic rings. The number of piperazine rings is 1. The van der Waals surface area contributed by atoms with Crippen LogP contribution in [0, 0.1) is 6.92 Å². The molecule has 1 aromatic carbocycles. The van der Waals surface area contributed by atoms with E-state index in [0.717, 1.165) is 34.3 Å². The number of amides is 1. The first-order valence-electron chi connectivity index (χ1n) is 7.29. The number of nitrogens with zero attached hydrogens (tertiary/aromatic N) is 3. The second-order valence-corrected chi connectivity index (χ2v) is 6.40. The molecule has 1 saturated heterocycles. The number of rotatable bonds is 2. The Bertz CT molecular complexity index is 712. The quantitative estimate of drug-likeness (QED) is 0.885. The highest BCUT2D eigenvalue weighted by atomic mass is 79.9. The number of carbonyl (C=O) groups is 1. The number of hydrogen-bond acceptors (Lipinski definition) is 4. The van der Waals surface area contributed by atoms with Gasteiger partial charge in [-0.2, -0.15) is 0 Å². The highest BCUT2D eigenvalue weighted by Crippen LogP contribution is 2.26. The minimum absolute atomic E-state index is 0.202. The highest BCUT2D eigenvalue weighted by Gasteiger charge is 2.21. The van der Waals surface area contributed by atoms with Crippen LogP contribution in [0.1, 0.15) is 5.56 Å². The molecular weight excluding hydrogens is 346 g/mol. The Balaban J connectivity index is 1.83. The first-order chi connectivity index (χ1) is 10.6. The van der Waals surface area contributed by atoms with Crippen molar-refractivity contribution in [1.82, 2.24) is 9.88 Å². The number of aliphatic hydroxyl groups excluding tert-OH is 1. The monoisotopic (exact) mass is 363 g/mol. The zero-order chi connectivity index (χ0) is 15.7. The average Bonchev–Trinajstić information content (AvgIpc) is 2.55. The molecule has 1 aromatic heterocycles. The van der Waals surface area contributed by atoms with E-state index in [1.807, 2.05) is 12.1 Å². The van der Waals surface area contributed by atoms with Gasteiger partial charge in [-0.15, -0.1) is 0 Å². The molecular formula is C16H18BrN3O2. The van der Waals surface area contributed by atoms with Crippen molar-refractivity contribution in [3.8, 4) is 0 Å². The normalized spacial score (nSPS) is 15.4. The summed E-state index contributed by atoms with van der Waals surface area (Å²) >= 11 is 3.49. The molecule has 2 heterocycles. The Hall–Kier alpha value is -1.66. The summed E-state index contributed by atoms with van der Waals surface area (Å²) in [5.41, 5.74) is 2.17. The van der Waals surface area contributed by atoms with Gasteiger partial charge in [0, 0.05) is 36.0 Å². The van der Waals surface area contributed by atoms with E-state index in [1.54, 1.807) is 4.90 Å². The van der Waals surface area contributed by atoms with Gasteiger partial charge in [0.2, 0.25) is 5.91 Å². The maximum Gasteiger partial charge on any atom is 0.248 e. The number of carbonyl (C=O) groups excluding carboxylic acids is 1. The minimum Gasteiger partial charge on any atom is -0.387 e. The van der Waals surface area contributed by atoms with Crippen molar-refractivity contribution < 1.29 is 9.90 Å². The van der Waals surface area contributed by atoms with E-state index in [2.05, 4.69) is 39.9 Å². The zero-order valence-electron chi connectivity index (χ0n) is 12.4. The lowest BCUT2D eigenvalue weighted by Crippen LogP contribution is -2.49. The van der Waals surface area contributed by atoms with Gasteiger partial charge < -0.3 is 14.9 Å². The van der Waals surface area contributed by atoms with Crippen LogP contribution >= 0.6 is 15.9 Å². The van der Waals surface area contributed by atoms with Gasteiger partial charge in [0.25, 0.3) is 0 Å². The predicted molar refractivity (Wildman–Crippen MR) is 90.1 cm³/mol. The molecule has 5 nitrogen and oxygen atoms in total. The number of fused-ring (bicyclic) bond motifs is 1. The van der Waals surface area contributed by atoms with Crippen molar-refractivity contribution in [1.29, 1.82) is 0 Å². The molecule has 1 amide bonds. The third kappa shape index (κ3) is 2.94. The van der Waals surface area contributed by atoms with Crippen molar-refractivity contribution >= 4 is 38.6 Å². The van der Waals surface area contributed by atoms with Crippen molar-refractivity contribution in [3.63, 3.8) is 0 Å². The van der Waals surface area contributed by atoms with E-state index in [1.165, 1.54) is 5.56 Å². The zero-order valence-corrected chi connectivity index (χ0v) is 14.0. The van der Waals surface area contributed by atoms with Gasteiger partial charge in [-0.1, -0.05) is 15.9 Å². The summed E-state index contributed by atoms with van der Waals surface area (Å²) in [5.74, 6) is 0.746. The summed E-state index contributed by atoms with van der Waals surface area (Å²) in [6.07, 6.45) is 0. The van der Waals surface area contributed by atoms with Crippen molar-refractivity contribution in [3.05, 3.63) is 34.3 Å². The number of aryl methyl sites for hydroxylation is 1. The molecule has 1 N–H and O–H groups in total. The van der Waals surface area contributed by atoms with Crippen LogP contribution in [0.5, 0.6) is 0 Å². The molecule has 0 bridgehead atoms. The van der Waals surface area contributed by atoms with Gasteiger partial charge in [-0.05, 0) is 36.8 Å². The molecule has 3 rings (SSSR count). The van der Waals surface area contributed by atoms with Crippen LogP contribution in [0.3, 0.4) is 0 Å². The van der Waals surface area contributed by atoms with E-state index in [4.69, 9.17) is 10.1 Å². The van der Waals surface area contributed by atoms with E-state index in [0.29, 0.717) is 13.1 Å². The number of anilines is 1. The third-order valence-corrected chi connectivity index (χ3v) is 4.55. The topological polar surface area (TPSA) is 56.7 Å². The number of pyridine rings is 1. The molecule has 1 fully saturated rings. The molecule has 0 radical (unpaired) electrons. The fraction of sp³-hybridized carbons (Fsp3) is 0.375.